The second kappa shape index (κ2) is 6.47. The van der Waals surface area contributed by atoms with Crippen LogP contribution in [0, 0.1) is 0 Å². The van der Waals surface area contributed by atoms with E-state index in [1.54, 1.807) is 12.1 Å². The first-order valence-corrected chi connectivity index (χ1v) is 6.52. The summed E-state index contributed by atoms with van der Waals surface area (Å²) < 4.78 is 37.4. The van der Waals surface area contributed by atoms with E-state index in [-0.39, 0.29) is 11.6 Å². The van der Waals surface area contributed by atoms with Crippen LogP contribution in [0.1, 0.15) is 12.5 Å². The molecule has 0 fully saturated rings. The summed E-state index contributed by atoms with van der Waals surface area (Å²) in [5.74, 6) is -0.304. The van der Waals surface area contributed by atoms with Crippen molar-refractivity contribution in [1.82, 2.24) is 0 Å². The number of carbonyl (C=O) groups is 1. The van der Waals surface area contributed by atoms with Crippen LogP contribution >= 0.6 is 0 Å². The molecule has 120 valence electrons. The summed E-state index contributed by atoms with van der Waals surface area (Å²) >= 11 is 0. The van der Waals surface area contributed by atoms with Crippen molar-refractivity contribution in [2.45, 2.75) is 13.1 Å². The average molecular weight is 322 g/mol. The summed E-state index contributed by atoms with van der Waals surface area (Å²) in [4.78, 5) is 11.2. The number of hydrogen-bond acceptors (Lipinski definition) is 4. The third-order valence-corrected chi connectivity index (χ3v) is 2.80. The second-order valence-corrected chi connectivity index (χ2v) is 4.70. The van der Waals surface area contributed by atoms with Gasteiger partial charge in [-0.3, -0.25) is 4.79 Å². The third kappa shape index (κ3) is 4.53. The lowest BCUT2D eigenvalue weighted by atomic mass is 10.2. The molecule has 0 spiro atoms. The molecule has 0 aliphatic carbocycles. The normalized spacial score (nSPS) is 11.7. The minimum atomic E-state index is -4.40. The van der Waals surface area contributed by atoms with Crippen molar-refractivity contribution < 1.29 is 18.0 Å². The predicted molar refractivity (Wildman–Crippen MR) is 80.8 cm³/mol. The second-order valence-electron chi connectivity index (χ2n) is 4.70. The zero-order valence-corrected chi connectivity index (χ0v) is 12.1. The van der Waals surface area contributed by atoms with Gasteiger partial charge < -0.3 is 11.1 Å². The highest BCUT2D eigenvalue weighted by molar-refractivity contribution is 5.92. The van der Waals surface area contributed by atoms with Crippen molar-refractivity contribution >= 4 is 28.7 Å². The van der Waals surface area contributed by atoms with Gasteiger partial charge in [-0.2, -0.15) is 18.3 Å². The van der Waals surface area contributed by atoms with Gasteiger partial charge in [-0.25, -0.2) is 0 Å². The molecule has 0 aliphatic rings. The number of anilines is 2. The van der Waals surface area contributed by atoms with Crippen molar-refractivity contribution in [2.24, 2.45) is 10.2 Å². The quantitative estimate of drug-likeness (QED) is 0.636. The Labute approximate surface area is 130 Å². The molecule has 0 saturated heterocycles. The van der Waals surface area contributed by atoms with Gasteiger partial charge in [-0.15, -0.1) is 5.11 Å². The Morgan fingerprint density at radius 3 is 2.30 bits per heavy atom. The molecule has 0 atom stereocenters. The molecule has 0 radical (unpaired) electrons. The summed E-state index contributed by atoms with van der Waals surface area (Å²) in [6, 6.07) is 8.91. The van der Waals surface area contributed by atoms with Crippen molar-refractivity contribution in [3.05, 3.63) is 48.0 Å². The first-order chi connectivity index (χ1) is 10.8. The van der Waals surface area contributed by atoms with Crippen LogP contribution in [0.15, 0.2) is 52.7 Å². The first kappa shape index (κ1) is 16.5. The Morgan fingerprint density at radius 2 is 1.74 bits per heavy atom. The largest absolute Gasteiger partial charge is 0.416 e. The maximum absolute atomic E-state index is 12.5. The smallest absolute Gasteiger partial charge is 0.399 e. The number of alkyl halides is 3. The van der Waals surface area contributed by atoms with Crippen LogP contribution in [0.4, 0.5) is 35.9 Å². The lowest BCUT2D eigenvalue weighted by molar-refractivity contribution is -0.137. The van der Waals surface area contributed by atoms with Gasteiger partial charge in [0.15, 0.2) is 0 Å². The van der Waals surface area contributed by atoms with Gasteiger partial charge >= 0.3 is 6.18 Å². The molecule has 3 N–H and O–H groups in total. The molecule has 2 aromatic rings. The standard InChI is InChI=1S/C15H13F3N4O/c1-9(23)20-14-8-11(19)4-7-13(14)22-21-12-5-2-10(3-6-12)15(16,17)18/h2-8H,19H2,1H3,(H,20,23). The number of azo groups is 1. The highest BCUT2D eigenvalue weighted by Crippen LogP contribution is 2.32. The zero-order valence-electron chi connectivity index (χ0n) is 12.1. The number of rotatable bonds is 3. The maximum atomic E-state index is 12.5. The van der Waals surface area contributed by atoms with Gasteiger partial charge in [0.2, 0.25) is 5.91 Å². The van der Waals surface area contributed by atoms with Crippen molar-refractivity contribution in [3.8, 4) is 0 Å². The van der Waals surface area contributed by atoms with Crippen LogP contribution in [-0.2, 0) is 11.0 Å². The fourth-order valence-corrected chi connectivity index (χ4v) is 1.76. The molecule has 2 aromatic carbocycles. The summed E-state index contributed by atoms with van der Waals surface area (Å²) in [7, 11) is 0. The van der Waals surface area contributed by atoms with Gasteiger partial charge in [-0.1, -0.05) is 0 Å². The monoisotopic (exact) mass is 322 g/mol. The van der Waals surface area contributed by atoms with Crippen LogP contribution in [0.3, 0.4) is 0 Å². The van der Waals surface area contributed by atoms with E-state index in [0.717, 1.165) is 12.1 Å². The summed E-state index contributed by atoms with van der Waals surface area (Å²) in [5, 5.41) is 10.4. The number of nitrogens with zero attached hydrogens (tertiary/aromatic N) is 2. The Balaban J connectivity index is 2.24. The molecule has 0 saturated carbocycles. The fourth-order valence-electron chi connectivity index (χ4n) is 1.76. The third-order valence-electron chi connectivity index (χ3n) is 2.80. The van der Waals surface area contributed by atoms with E-state index in [4.69, 9.17) is 5.73 Å². The topological polar surface area (TPSA) is 79.8 Å². The van der Waals surface area contributed by atoms with E-state index in [1.807, 2.05) is 0 Å². The Hall–Kier alpha value is -2.90. The summed E-state index contributed by atoms with van der Waals surface area (Å²) in [5.41, 5.74) is 6.27. The minimum absolute atomic E-state index is 0.253. The highest BCUT2D eigenvalue weighted by atomic mass is 19.4. The van der Waals surface area contributed by atoms with E-state index in [2.05, 4.69) is 15.5 Å². The maximum Gasteiger partial charge on any atom is 0.416 e. The van der Waals surface area contributed by atoms with Crippen LogP contribution in [0.5, 0.6) is 0 Å². The van der Waals surface area contributed by atoms with Crippen LogP contribution in [0.25, 0.3) is 0 Å². The fraction of sp³-hybridized carbons (Fsp3) is 0.133. The van der Waals surface area contributed by atoms with Gasteiger partial charge in [0.05, 0.1) is 16.9 Å². The van der Waals surface area contributed by atoms with E-state index < -0.39 is 11.7 Å². The van der Waals surface area contributed by atoms with Crippen molar-refractivity contribution in [1.29, 1.82) is 0 Å². The highest BCUT2D eigenvalue weighted by Gasteiger charge is 2.29. The minimum Gasteiger partial charge on any atom is -0.399 e. The van der Waals surface area contributed by atoms with Gasteiger partial charge in [0, 0.05) is 12.6 Å². The number of nitrogens with one attached hydrogen (secondary N) is 1. The van der Waals surface area contributed by atoms with Crippen molar-refractivity contribution in [3.63, 3.8) is 0 Å². The number of nitrogens with two attached hydrogens (primary N) is 1. The summed E-state index contributed by atoms with van der Waals surface area (Å²) in [6.07, 6.45) is -4.40. The molecule has 0 aliphatic heterocycles. The van der Waals surface area contributed by atoms with Gasteiger partial charge in [0.25, 0.3) is 0 Å². The van der Waals surface area contributed by atoms with Crippen LogP contribution in [0.2, 0.25) is 0 Å². The molecule has 2 rings (SSSR count). The Morgan fingerprint density at radius 1 is 1.09 bits per heavy atom. The van der Waals surface area contributed by atoms with E-state index >= 15 is 0 Å². The number of nitrogen functional groups attached to an aromatic ring is 1. The number of halogens is 3. The molecular weight excluding hydrogens is 309 g/mol. The number of hydrogen-bond donors (Lipinski definition) is 2. The SMILES string of the molecule is CC(=O)Nc1cc(N)ccc1N=Nc1ccc(C(F)(F)F)cc1. The molecule has 8 heteroatoms. The van der Waals surface area contributed by atoms with E-state index in [1.165, 1.54) is 25.1 Å². The average Bonchev–Trinajstić information content (AvgIpc) is 2.45. The van der Waals surface area contributed by atoms with E-state index in [9.17, 15) is 18.0 Å². The van der Waals surface area contributed by atoms with Crippen molar-refractivity contribution in [2.75, 3.05) is 11.1 Å². The zero-order chi connectivity index (χ0) is 17.0. The molecule has 0 heterocycles. The molecule has 5 nitrogen and oxygen atoms in total. The molecular formula is C15H13F3N4O. The molecule has 1 amide bonds. The first-order valence-electron chi connectivity index (χ1n) is 6.52. The lowest BCUT2D eigenvalue weighted by Crippen LogP contribution is -2.06. The predicted octanol–water partition coefficient (Wildman–Crippen LogP) is 4.66. The number of amides is 1. The lowest BCUT2D eigenvalue weighted by Gasteiger charge is -2.07. The van der Waals surface area contributed by atoms with Gasteiger partial charge in [-0.05, 0) is 42.5 Å². The Kier molecular flexibility index (Phi) is 4.63. The van der Waals surface area contributed by atoms with Crippen LogP contribution < -0.4 is 11.1 Å². The summed E-state index contributed by atoms with van der Waals surface area (Å²) in [6.45, 7) is 1.33. The molecule has 0 aromatic heterocycles. The number of benzene rings is 2. The molecule has 23 heavy (non-hydrogen) atoms. The van der Waals surface area contributed by atoms with E-state index in [0.29, 0.717) is 17.1 Å². The molecule has 0 bridgehead atoms. The Bertz CT molecular complexity index is 739. The molecule has 0 unspecified atom stereocenters. The number of carbonyl (C=O) groups excluding carboxylic acids is 1. The van der Waals surface area contributed by atoms with Crippen LogP contribution in [-0.4, -0.2) is 5.91 Å². The van der Waals surface area contributed by atoms with Gasteiger partial charge in [0.1, 0.15) is 5.69 Å².